The maximum Gasteiger partial charge on any atom is 0.404 e. The fourth-order valence-electron chi connectivity index (χ4n) is 1.71. The number of hydrogen-bond donors (Lipinski definition) is 1. The quantitative estimate of drug-likeness (QED) is 0.715. The molecule has 1 aliphatic heterocycles. The maximum absolute atomic E-state index is 11.8. The van der Waals surface area contributed by atoms with Gasteiger partial charge in [0.1, 0.15) is 6.10 Å². The number of nitrogens with zero attached hydrogens (tertiary/aromatic N) is 1. The van der Waals surface area contributed by atoms with Crippen molar-refractivity contribution >= 4 is 16.1 Å². The summed E-state index contributed by atoms with van der Waals surface area (Å²) < 4.78 is 29.7. The highest BCUT2D eigenvalue weighted by atomic mass is 32.2. The number of terminal acetylenes is 1. The molecule has 0 unspecified atom stereocenters. The van der Waals surface area contributed by atoms with Crippen molar-refractivity contribution in [2.24, 2.45) is 5.73 Å². The summed E-state index contributed by atoms with van der Waals surface area (Å²) in [5.41, 5.74) is 4.89. The minimum absolute atomic E-state index is 0.0369. The fourth-order valence-corrected chi connectivity index (χ4v) is 3.11. The van der Waals surface area contributed by atoms with E-state index in [9.17, 15) is 13.2 Å². The number of primary amides is 1. The number of piperidine rings is 1. The summed E-state index contributed by atoms with van der Waals surface area (Å²) in [5.74, 6) is 2.27. The highest BCUT2D eigenvalue weighted by Gasteiger charge is 2.28. The number of hydrogen-bond acceptors (Lipinski definition) is 4. The lowest BCUT2D eigenvalue weighted by Crippen LogP contribution is -2.42. The van der Waals surface area contributed by atoms with E-state index < -0.39 is 16.1 Å². The lowest BCUT2D eigenvalue weighted by Gasteiger charge is -2.30. The molecule has 1 amide bonds. The van der Waals surface area contributed by atoms with Gasteiger partial charge in [-0.3, -0.25) is 0 Å². The molecule has 1 rings (SSSR count). The van der Waals surface area contributed by atoms with Crippen molar-refractivity contribution in [3.05, 3.63) is 0 Å². The number of rotatable bonds is 4. The molecule has 1 fully saturated rings. The Balaban J connectivity index is 2.46. The molecule has 7 heteroatoms. The summed E-state index contributed by atoms with van der Waals surface area (Å²) in [4.78, 5) is 10.5. The largest absolute Gasteiger partial charge is 0.446 e. The monoisotopic (exact) mass is 260 g/mol. The van der Waals surface area contributed by atoms with Crippen molar-refractivity contribution < 1.29 is 17.9 Å². The Morgan fingerprint density at radius 3 is 2.53 bits per heavy atom. The Morgan fingerprint density at radius 1 is 1.47 bits per heavy atom. The van der Waals surface area contributed by atoms with Crippen LogP contribution >= 0.6 is 0 Å². The molecular weight excluding hydrogens is 244 g/mol. The third kappa shape index (κ3) is 4.24. The van der Waals surface area contributed by atoms with E-state index >= 15 is 0 Å². The lowest BCUT2D eigenvalue weighted by atomic mass is 10.1. The zero-order valence-corrected chi connectivity index (χ0v) is 10.3. The zero-order valence-electron chi connectivity index (χ0n) is 9.46. The van der Waals surface area contributed by atoms with E-state index in [0.717, 1.165) is 0 Å². The van der Waals surface area contributed by atoms with Gasteiger partial charge in [-0.25, -0.2) is 17.5 Å². The van der Waals surface area contributed by atoms with Crippen molar-refractivity contribution in [1.82, 2.24) is 4.31 Å². The number of carbonyl (C=O) groups is 1. The van der Waals surface area contributed by atoms with Crippen LogP contribution in [0.5, 0.6) is 0 Å². The van der Waals surface area contributed by atoms with Crippen molar-refractivity contribution in [3.63, 3.8) is 0 Å². The van der Waals surface area contributed by atoms with Crippen molar-refractivity contribution in [2.75, 3.05) is 18.8 Å². The molecule has 1 saturated heterocycles. The van der Waals surface area contributed by atoms with Crippen LogP contribution in [0.15, 0.2) is 0 Å². The SMILES string of the molecule is C#CCCS(=O)(=O)N1CCC(OC(N)=O)CC1. The van der Waals surface area contributed by atoms with E-state index in [-0.39, 0.29) is 18.3 Å². The highest BCUT2D eigenvalue weighted by Crippen LogP contribution is 2.17. The number of ether oxygens (including phenoxy) is 1. The predicted molar refractivity (Wildman–Crippen MR) is 62.5 cm³/mol. The topological polar surface area (TPSA) is 89.7 Å². The Hall–Kier alpha value is -1.26. The lowest BCUT2D eigenvalue weighted by molar-refractivity contribution is 0.0741. The van der Waals surface area contributed by atoms with Gasteiger partial charge in [-0.05, 0) is 12.8 Å². The first kappa shape index (κ1) is 13.8. The summed E-state index contributed by atoms with van der Waals surface area (Å²) >= 11 is 0. The second-order valence-corrected chi connectivity index (χ2v) is 5.89. The van der Waals surface area contributed by atoms with Gasteiger partial charge in [-0.15, -0.1) is 12.3 Å². The standard InChI is InChI=1S/C10H16N2O4S/c1-2-3-8-17(14,15)12-6-4-9(5-7-12)16-10(11)13/h1,9H,3-8H2,(H2,11,13). The molecule has 0 spiro atoms. The zero-order chi connectivity index (χ0) is 12.9. The number of amides is 1. The van der Waals surface area contributed by atoms with Crippen molar-refractivity contribution in [3.8, 4) is 12.3 Å². The van der Waals surface area contributed by atoms with Crippen LogP contribution in [-0.2, 0) is 14.8 Å². The van der Waals surface area contributed by atoms with Gasteiger partial charge in [-0.1, -0.05) is 0 Å². The van der Waals surface area contributed by atoms with Crippen molar-refractivity contribution in [2.45, 2.75) is 25.4 Å². The third-order valence-electron chi connectivity index (χ3n) is 2.58. The Bertz CT molecular complexity index is 405. The number of carbonyl (C=O) groups excluding carboxylic acids is 1. The van der Waals surface area contributed by atoms with E-state index in [4.69, 9.17) is 16.9 Å². The Kier molecular flexibility index (Phi) is 4.78. The summed E-state index contributed by atoms with van der Waals surface area (Å²) in [5, 5.41) is 0. The molecule has 6 nitrogen and oxygen atoms in total. The minimum Gasteiger partial charge on any atom is -0.446 e. The van der Waals surface area contributed by atoms with E-state index in [1.165, 1.54) is 4.31 Å². The summed E-state index contributed by atoms with van der Waals surface area (Å²) in [7, 11) is -3.28. The first-order valence-electron chi connectivity index (χ1n) is 5.33. The summed E-state index contributed by atoms with van der Waals surface area (Å²) in [6.07, 6.45) is 5.08. The Labute approximate surface area is 101 Å². The van der Waals surface area contributed by atoms with Gasteiger partial charge in [0.15, 0.2) is 0 Å². The van der Waals surface area contributed by atoms with Gasteiger partial charge in [-0.2, -0.15) is 0 Å². The van der Waals surface area contributed by atoms with Crippen LogP contribution in [0.2, 0.25) is 0 Å². The van der Waals surface area contributed by atoms with Gasteiger partial charge < -0.3 is 10.5 Å². The van der Waals surface area contributed by atoms with E-state index in [2.05, 4.69) is 5.92 Å². The molecule has 17 heavy (non-hydrogen) atoms. The summed E-state index contributed by atoms with van der Waals surface area (Å²) in [6.45, 7) is 0.676. The molecule has 0 aliphatic carbocycles. The van der Waals surface area contributed by atoms with E-state index in [1.54, 1.807) is 0 Å². The smallest absolute Gasteiger partial charge is 0.404 e. The molecule has 0 aromatic heterocycles. The van der Waals surface area contributed by atoms with Crippen LogP contribution in [0.1, 0.15) is 19.3 Å². The second-order valence-electron chi connectivity index (χ2n) is 3.81. The van der Waals surface area contributed by atoms with Crippen LogP contribution in [0.4, 0.5) is 4.79 Å². The van der Waals surface area contributed by atoms with Gasteiger partial charge in [0.05, 0.1) is 5.75 Å². The highest BCUT2D eigenvalue weighted by molar-refractivity contribution is 7.89. The first-order chi connectivity index (χ1) is 7.95. The average Bonchev–Trinajstić information content (AvgIpc) is 2.26. The number of nitrogens with two attached hydrogens (primary N) is 1. The molecule has 0 aromatic carbocycles. The number of sulfonamides is 1. The molecule has 0 atom stereocenters. The molecule has 0 aromatic rings. The van der Waals surface area contributed by atoms with Gasteiger partial charge in [0.2, 0.25) is 10.0 Å². The molecule has 0 bridgehead atoms. The Morgan fingerprint density at radius 2 is 2.06 bits per heavy atom. The van der Waals surface area contributed by atoms with Gasteiger partial charge >= 0.3 is 6.09 Å². The molecular formula is C10H16N2O4S. The van der Waals surface area contributed by atoms with Crippen LogP contribution in [-0.4, -0.2) is 43.8 Å². The third-order valence-corrected chi connectivity index (χ3v) is 4.45. The van der Waals surface area contributed by atoms with Crippen molar-refractivity contribution in [1.29, 1.82) is 0 Å². The molecule has 96 valence electrons. The van der Waals surface area contributed by atoms with Crippen LogP contribution < -0.4 is 5.73 Å². The fraction of sp³-hybridized carbons (Fsp3) is 0.700. The van der Waals surface area contributed by atoms with Crippen LogP contribution in [0.25, 0.3) is 0 Å². The van der Waals surface area contributed by atoms with Gasteiger partial charge in [0, 0.05) is 19.5 Å². The van der Waals surface area contributed by atoms with Crippen LogP contribution in [0.3, 0.4) is 0 Å². The minimum atomic E-state index is -3.28. The molecule has 0 radical (unpaired) electrons. The van der Waals surface area contributed by atoms with Gasteiger partial charge in [0.25, 0.3) is 0 Å². The van der Waals surface area contributed by atoms with Crippen LogP contribution in [0, 0.1) is 12.3 Å². The summed E-state index contributed by atoms with van der Waals surface area (Å²) in [6, 6.07) is 0. The normalized spacial score (nSPS) is 18.5. The maximum atomic E-state index is 11.8. The average molecular weight is 260 g/mol. The molecule has 0 saturated carbocycles. The molecule has 1 aliphatic rings. The second kappa shape index (κ2) is 5.89. The first-order valence-corrected chi connectivity index (χ1v) is 6.94. The molecule has 1 heterocycles. The molecule has 2 N–H and O–H groups in total. The van der Waals surface area contributed by atoms with E-state index in [1.807, 2.05) is 0 Å². The van der Waals surface area contributed by atoms with E-state index in [0.29, 0.717) is 25.9 Å². The predicted octanol–water partition coefficient (Wildman–Crippen LogP) is -0.101.